The zero-order valence-corrected chi connectivity index (χ0v) is 17.3. The number of nitrogens with zero attached hydrogens (tertiary/aromatic N) is 2. The Hall–Kier alpha value is -2.98. The van der Waals surface area contributed by atoms with E-state index in [0.717, 1.165) is 6.07 Å². The van der Waals surface area contributed by atoms with Crippen molar-refractivity contribution >= 4 is 52.1 Å². The van der Waals surface area contributed by atoms with E-state index in [-0.39, 0.29) is 28.2 Å². The van der Waals surface area contributed by atoms with Crippen LogP contribution in [0.4, 0.5) is 11.4 Å². The second kappa shape index (κ2) is 9.68. The molecule has 0 atom stereocenters. The molecule has 0 saturated carbocycles. The van der Waals surface area contributed by atoms with Crippen molar-refractivity contribution in [3.63, 3.8) is 0 Å². The molecule has 1 aromatic carbocycles. The number of hydrogen-bond donors (Lipinski definition) is 1. The predicted molar refractivity (Wildman–Crippen MR) is 111 cm³/mol. The molecule has 158 valence electrons. The lowest BCUT2D eigenvalue weighted by molar-refractivity contribution is -0.384. The number of anilines is 1. The quantitative estimate of drug-likeness (QED) is 0.408. The van der Waals surface area contributed by atoms with Crippen LogP contribution in [0.1, 0.15) is 22.5 Å². The number of ether oxygens (including phenoxy) is 1. The second-order valence-corrected chi connectivity index (χ2v) is 7.98. The maximum Gasteiger partial charge on any atom is 0.309 e. The van der Waals surface area contributed by atoms with Crippen molar-refractivity contribution in [2.75, 3.05) is 25.0 Å². The third-order valence-electron chi connectivity index (χ3n) is 4.62. The number of carbonyl (C=O) groups excluding carboxylic acids is 3. The molecule has 30 heavy (non-hydrogen) atoms. The number of nitro benzene ring substituents is 1. The van der Waals surface area contributed by atoms with Gasteiger partial charge in [-0.25, -0.2) is 0 Å². The van der Waals surface area contributed by atoms with Crippen molar-refractivity contribution in [1.29, 1.82) is 0 Å². The van der Waals surface area contributed by atoms with Gasteiger partial charge in [0.15, 0.2) is 6.61 Å². The van der Waals surface area contributed by atoms with Gasteiger partial charge in [-0.3, -0.25) is 24.5 Å². The number of amides is 2. The van der Waals surface area contributed by atoms with Crippen LogP contribution in [0, 0.1) is 16.0 Å². The van der Waals surface area contributed by atoms with E-state index in [1.807, 2.05) is 11.4 Å². The van der Waals surface area contributed by atoms with E-state index in [2.05, 4.69) is 5.32 Å². The Morgan fingerprint density at radius 1 is 1.27 bits per heavy atom. The summed E-state index contributed by atoms with van der Waals surface area (Å²) < 4.78 is 5.07. The number of halogens is 1. The minimum Gasteiger partial charge on any atom is -0.455 e. The zero-order valence-electron chi connectivity index (χ0n) is 15.7. The molecule has 1 saturated heterocycles. The van der Waals surface area contributed by atoms with Gasteiger partial charge < -0.3 is 15.0 Å². The molecule has 0 bridgehead atoms. The summed E-state index contributed by atoms with van der Waals surface area (Å²) in [5.41, 5.74) is -0.164. The third kappa shape index (κ3) is 5.33. The van der Waals surface area contributed by atoms with Crippen molar-refractivity contribution in [2.24, 2.45) is 5.92 Å². The maximum atomic E-state index is 12.3. The highest BCUT2D eigenvalue weighted by molar-refractivity contribution is 7.12. The van der Waals surface area contributed by atoms with Gasteiger partial charge in [0.1, 0.15) is 5.02 Å². The monoisotopic (exact) mass is 451 g/mol. The molecule has 1 fully saturated rings. The first kappa shape index (κ1) is 21.7. The number of likely N-dealkylation sites (tertiary alicyclic amines) is 1. The van der Waals surface area contributed by atoms with Crippen LogP contribution >= 0.6 is 22.9 Å². The highest BCUT2D eigenvalue weighted by Crippen LogP contribution is 2.27. The average molecular weight is 452 g/mol. The molecular formula is C19H18ClN3O6S. The fourth-order valence-electron chi connectivity index (χ4n) is 3.06. The van der Waals surface area contributed by atoms with Crippen LogP contribution in [0.2, 0.25) is 5.02 Å². The highest BCUT2D eigenvalue weighted by atomic mass is 35.5. The molecule has 3 rings (SSSR count). The summed E-state index contributed by atoms with van der Waals surface area (Å²) in [7, 11) is 0. The second-order valence-electron chi connectivity index (χ2n) is 6.62. The summed E-state index contributed by atoms with van der Waals surface area (Å²) in [6.07, 6.45) is 0.919. The molecule has 11 heteroatoms. The Morgan fingerprint density at radius 3 is 2.63 bits per heavy atom. The number of hydrogen-bond acceptors (Lipinski definition) is 7. The summed E-state index contributed by atoms with van der Waals surface area (Å²) in [6, 6.07) is 7.42. The van der Waals surface area contributed by atoms with Crippen LogP contribution in [-0.4, -0.2) is 47.3 Å². The molecule has 2 amide bonds. The normalized spacial score (nSPS) is 14.2. The van der Waals surface area contributed by atoms with Crippen LogP contribution in [0.25, 0.3) is 0 Å². The first-order valence-electron chi connectivity index (χ1n) is 9.08. The average Bonchev–Trinajstić information content (AvgIpc) is 3.27. The summed E-state index contributed by atoms with van der Waals surface area (Å²) in [5.74, 6) is -1.56. The minimum absolute atomic E-state index is 0.0478. The van der Waals surface area contributed by atoms with E-state index < -0.39 is 23.4 Å². The molecule has 2 heterocycles. The standard InChI is InChI=1S/C19H18ClN3O6S/c20-14-4-3-13(10-15(14)23(27)28)21-17(24)11-29-19(26)12-5-7-22(8-6-12)18(25)16-2-1-9-30-16/h1-4,9-10,12H,5-8,11H2,(H,21,24). The zero-order chi connectivity index (χ0) is 21.7. The molecule has 9 nitrogen and oxygen atoms in total. The van der Waals surface area contributed by atoms with Crippen molar-refractivity contribution in [3.8, 4) is 0 Å². The molecular weight excluding hydrogens is 434 g/mol. The number of esters is 1. The van der Waals surface area contributed by atoms with Crippen LogP contribution in [0.5, 0.6) is 0 Å². The lowest BCUT2D eigenvalue weighted by Gasteiger charge is -2.30. The van der Waals surface area contributed by atoms with E-state index in [4.69, 9.17) is 16.3 Å². The van der Waals surface area contributed by atoms with Gasteiger partial charge in [-0.2, -0.15) is 0 Å². The highest BCUT2D eigenvalue weighted by Gasteiger charge is 2.29. The van der Waals surface area contributed by atoms with Crippen LogP contribution in [0.3, 0.4) is 0 Å². The minimum atomic E-state index is -0.659. The summed E-state index contributed by atoms with van der Waals surface area (Å²) in [6.45, 7) is 0.373. The fourth-order valence-corrected chi connectivity index (χ4v) is 3.93. The van der Waals surface area contributed by atoms with E-state index >= 15 is 0 Å². The smallest absolute Gasteiger partial charge is 0.309 e. The molecule has 0 unspecified atom stereocenters. The molecule has 1 N–H and O–H groups in total. The van der Waals surface area contributed by atoms with E-state index in [9.17, 15) is 24.5 Å². The Kier molecular flexibility index (Phi) is 7.01. The number of nitro groups is 1. The molecule has 1 aliphatic rings. The largest absolute Gasteiger partial charge is 0.455 e. The van der Waals surface area contributed by atoms with Gasteiger partial charge in [-0.05, 0) is 36.4 Å². The third-order valence-corrected chi connectivity index (χ3v) is 5.80. The van der Waals surface area contributed by atoms with Crippen LogP contribution < -0.4 is 5.32 Å². The number of piperidine rings is 1. The number of benzene rings is 1. The van der Waals surface area contributed by atoms with Gasteiger partial charge in [-0.1, -0.05) is 17.7 Å². The molecule has 1 aromatic heterocycles. The van der Waals surface area contributed by atoms with E-state index in [1.165, 1.54) is 23.5 Å². The number of rotatable bonds is 6. The Labute approximate surface area is 180 Å². The van der Waals surface area contributed by atoms with Crippen molar-refractivity contribution in [2.45, 2.75) is 12.8 Å². The maximum absolute atomic E-state index is 12.3. The van der Waals surface area contributed by atoms with Gasteiger partial charge in [-0.15, -0.1) is 11.3 Å². The molecule has 0 aliphatic carbocycles. The van der Waals surface area contributed by atoms with Crippen LogP contribution in [-0.2, 0) is 14.3 Å². The van der Waals surface area contributed by atoms with Gasteiger partial charge in [0.05, 0.1) is 15.7 Å². The summed E-state index contributed by atoms with van der Waals surface area (Å²) >= 11 is 7.10. The molecule has 2 aromatic rings. The molecule has 1 aliphatic heterocycles. The lowest BCUT2D eigenvalue weighted by Crippen LogP contribution is -2.40. The fraction of sp³-hybridized carbons (Fsp3) is 0.316. The Balaban J connectivity index is 1.45. The van der Waals surface area contributed by atoms with Crippen molar-refractivity contribution < 1.29 is 24.0 Å². The SMILES string of the molecule is O=C(COC(=O)C1CCN(C(=O)c2cccs2)CC1)Nc1ccc(Cl)c([N+](=O)[O-])c1. The van der Waals surface area contributed by atoms with Gasteiger partial charge >= 0.3 is 5.97 Å². The first-order valence-corrected chi connectivity index (χ1v) is 10.3. The van der Waals surface area contributed by atoms with Crippen LogP contribution in [0.15, 0.2) is 35.7 Å². The first-order chi connectivity index (χ1) is 14.3. The summed E-state index contributed by atoms with van der Waals surface area (Å²) in [4.78, 5) is 49.2. The summed E-state index contributed by atoms with van der Waals surface area (Å²) in [5, 5.41) is 15.1. The van der Waals surface area contributed by atoms with E-state index in [0.29, 0.717) is 30.8 Å². The lowest BCUT2D eigenvalue weighted by atomic mass is 9.97. The number of thiophene rings is 1. The topological polar surface area (TPSA) is 119 Å². The van der Waals surface area contributed by atoms with Gasteiger partial charge in [0.25, 0.3) is 17.5 Å². The Bertz CT molecular complexity index is 957. The van der Waals surface area contributed by atoms with Crippen molar-refractivity contribution in [1.82, 2.24) is 4.90 Å². The van der Waals surface area contributed by atoms with Crippen molar-refractivity contribution in [3.05, 3.63) is 55.7 Å². The number of nitrogens with one attached hydrogen (secondary N) is 1. The number of carbonyl (C=O) groups is 3. The predicted octanol–water partition coefficient (Wildman–Crippen LogP) is 3.34. The van der Waals surface area contributed by atoms with Gasteiger partial charge in [0, 0.05) is 24.8 Å². The van der Waals surface area contributed by atoms with E-state index in [1.54, 1.807) is 11.0 Å². The Morgan fingerprint density at radius 2 is 2.00 bits per heavy atom. The molecule has 0 radical (unpaired) electrons. The molecule has 0 spiro atoms. The van der Waals surface area contributed by atoms with Gasteiger partial charge in [0.2, 0.25) is 0 Å².